The minimum atomic E-state index is -1.20. The molecule has 1 aromatic carbocycles. The molecule has 5 nitrogen and oxygen atoms in total. The number of anilines is 1. The zero-order valence-corrected chi connectivity index (χ0v) is 15.6. The van der Waals surface area contributed by atoms with Crippen LogP contribution in [0.3, 0.4) is 0 Å². The minimum absolute atomic E-state index is 0.0510. The molecule has 1 amide bonds. The van der Waals surface area contributed by atoms with E-state index >= 15 is 0 Å². The molecule has 3 fully saturated rings. The van der Waals surface area contributed by atoms with Crippen LogP contribution < -0.4 is 10.2 Å². The summed E-state index contributed by atoms with van der Waals surface area (Å²) >= 11 is 0. The Labute approximate surface area is 156 Å². The maximum atomic E-state index is 12.7. The Morgan fingerprint density at radius 2 is 1.81 bits per heavy atom. The van der Waals surface area contributed by atoms with Crippen molar-refractivity contribution in [2.75, 3.05) is 37.6 Å². The third-order valence-corrected chi connectivity index (χ3v) is 6.18. The van der Waals surface area contributed by atoms with E-state index in [1.54, 1.807) is 0 Å². The Kier molecular flexibility index (Phi) is 5.18. The van der Waals surface area contributed by atoms with E-state index in [0.717, 1.165) is 45.4 Å². The molecule has 2 N–H and O–H groups in total. The van der Waals surface area contributed by atoms with Crippen LogP contribution in [0.25, 0.3) is 0 Å². The van der Waals surface area contributed by atoms with Crippen molar-refractivity contribution >= 4 is 11.6 Å². The maximum Gasteiger partial charge on any atom is 0.255 e. The van der Waals surface area contributed by atoms with Gasteiger partial charge in [-0.1, -0.05) is 18.2 Å². The Morgan fingerprint density at radius 3 is 2.50 bits per heavy atom. The third kappa shape index (κ3) is 4.04. The van der Waals surface area contributed by atoms with Crippen LogP contribution in [0.1, 0.15) is 38.5 Å². The summed E-state index contributed by atoms with van der Waals surface area (Å²) in [6.45, 7) is 4.08. The van der Waals surface area contributed by atoms with Crippen LogP contribution in [0.5, 0.6) is 0 Å². The van der Waals surface area contributed by atoms with Gasteiger partial charge in [-0.05, 0) is 56.6 Å². The first-order valence-corrected chi connectivity index (χ1v) is 10.2. The van der Waals surface area contributed by atoms with Gasteiger partial charge in [-0.2, -0.15) is 0 Å². The molecular weight excluding hydrogens is 326 g/mol. The fourth-order valence-electron chi connectivity index (χ4n) is 4.31. The average Bonchev–Trinajstić information content (AvgIpc) is 3.49. The molecule has 26 heavy (non-hydrogen) atoms. The highest BCUT2D eigenvalue weighted by molar-refractivity contribution is 5.86. The molecule has 2 heterocycles. The van der Waals surface area contributed by atoms with Crippen molar-refractivity contribution in [3.8, 4) is 0 Å². The first-order chi connectivity index (χ1) is 12.6. The van der Waals surface area contributed by atoms with Crippen LogP contribution in [0.4, 0.5) is 5.69 Å². The van der Waals surface area contributed by atoms with Crippen LogP contribution in [0.15, 0.2) is 30.3 Å². The van der Waals surface area contributed by atoms with E-state index < -0.39 is 5.60 Å². The highest BCUT2D eigenvalue weighted by Crippen LogP contribution is 2.32. The first-order valence-electron chi connectivity index (χ1n) is 10.2. The molecule has 1 aromatic rings. The van der Waals surface area contributed by atoms with Crippen LogP contribution in [0, 0.1) is 5.92 Å². The molecule has 3 aliphatic rings. The van der Waals surface area contributed by atoms with Crippen molar-refractivity contribution in [3.05, 3.63) is 30.3 Å². The maximum absolute atomic E-state index is 12.7. The van der Waals surface area contributed by atoms with E-state index in [0.29, 0.717) is 24.9 Å². The summed E-state index contributed by atoms with van der Waals surface area (Å²) in [7, 11) is 0. The monoisotopic (exact) mass is 357 g/mol. The number of benzene rings is 1. The van der Waals surface area contributed by atoms with Crippen LogP contribution in [0.2, 0.25) is 0 Å². The van der Waals surface area contributed by atoms with E-state index in [4.69, 9.17) is 0 Å². The number of nitrogens with zero attached hydrogens (tertiary/aromatic N) is 2. The Hall–Kier alpha value is -1.59. The van der Waals surface area contributed by atoms with Gasteiger partial charge in [0.25, 0.3) is 5.91 Å². The largest absolute Gasteiger partial charge is 0.379 e. The van der Waals surface area contributed by atoms with E-state index in [1.165, 1.54) is 18.5 Å². The summed E-state index contributed by atoms with van der Waals surface area (Å²) < 4.78 is 0. The predicted octanol–water partition coefficient (Wildman–Crippen LogP) is 2.01. The van der Waals surface area contributed by atoms with Crippen molar-refractivity contribution in [2.45, 2.75) is 50.2 Å². The Balaban J connectivity index is 1.26. The van der Waals surface area contributed by atoms with Gasteiger partial charge in [-0.15, -0.1) is 0 Å². The van der Waals surface area contributed by atoms with Crippen LogP contribution in [-0.4, -0.2) is 60.3 Å². The molecule has 1 saturated carbocycles. The van der Waals surface area contributed by atoms with Crippen LogP contribution >= 0.6 is 0 Å². The van der Waals surface area contributed by atoms with Crippen molar-refractivity contribution < 1.29 is 9.90 Å². The predicted molar refractivity (Wildman–Crippen MR) is 103 cm³/mol. The van der Waals surface area contributed by atoms with Gasteiger partial charge < -0.3 is 20.2 Å². The number of nitrogens with one attached hydrogen (secondary N) is 1. The minimum Gasteiger partial charge on any atom is -0.379 e. The lowest BCUT2D eigenvalue weighted by Crippen LogP contribution is -2.59. The molecule has 142 valence electrons. The molecule has 4 rings (SSSR count). The molecule has 2 aliphatic heterocycles. The SMILES string of the molecule is O=C1N(CC2CC2)CCCC1(O)CNC1CCN(c2ccccc2)CC1. The molecule has 0 radical (unpaired) electrons. The second kappa shape index (κ2) is 7.57. The number of piperidine rings is 2. The second-order valence-corrected chi connectivity index (χ2v) is 8.31. The summed E-state index contributed by atoms with van der Waals surface area (Å²) in [4.78, 5) is 17.1. The van der Waals surface area contributed by atoms with Gasteiger partial charge in [0.05, 0.1) is 0 Å². The van der Waals surface area contributed by atoms with E-state index in [9.17, 15) is 9.90 Å². The molecular formula is C21H31N3O2. The van der Waals surface area contributed by atoms with Crippen molar-refractivity contribution in [1.29, 1.82) is 0 Å². The molecule has 1 aliphatic carbocycles. The van der Waals surface area contributed by atoms with E-state index in [-0.39, 0.29) is 5.91 Å². The quantitative estimate of drug-likeness (QED) is 0.818. The zero-order chi connectivity index (χ0) is 18.0. The molecule has 0 spiro atoms. The normalized spacial score (nSPS) is 27.8. The van der Waals surface area contributed by atoms with Crippen molar-refractivity contribution in [1.82, 2.24) is 10.2 Å². The van der Waals surface area contributed by atoms with Crippen molar-refractivity contribution in [3.63, 3.8) is 0 Å². The van der Waals surface area contributed by atoms with E-state index in [2.05, 4.69) is 34.5 Å². The van der Waals surface area contributed by atoms with Gasteiger partial charge in [-0.3, -0.25) is 4.79 Å². The third-order valence-electron chi connectivity index (χ3n) is 6.18. The highest BCUT2D eigenvalue weighted by Gasteiger charge is 2.43. The van der Waals surface area contributed by atoms with Gasteiger partial charge >= 0.3 is 0 Å². The van der Waals surface area contributed by atoms with Crippen molar-refractivity contribution in [2.24, 2.45) is 5.92 Å². The molecule has 0 bridgehead atoms. The summed E-state index contributed by atoms with van der Waals surface area (Å²) in [5.41, 5.74) is 0.0757. The summed E-state index contributed by atoms with van der Waals surface area (Å²) in [6.07, 6.45) is 6.06. The van der Waals surface area contributed by atoms with E-state index in [1.807, 2.05) is 11.0 Å². The average molecular weight is 357 g/mol. The number of likely N-dealkylation sites (tertiary alicyclic amines) is 1. The van der Waals surface area contributed by atoms with Crippen LogP contribution in [-0.2, 0) is 4.79 Å². The standard InChI is InChI=1S/C21H31N3O2/c25-20-21(26,11-4-12-24(20)15-17-7-8-17)16-22-18-9-13-23(14-10-18)19-5-2-1-3-6-19/h1-3,5-6,17-18,22,26H,4,7-16H2. The number of hydrogen-bond acceptors (Lipinski definition) is 4. The molecule has 1 unspecified atom stereocenters. The second-order valence-electron chi connectivity index (χ2n) is 8.31. The summed E-state index contributed by atoms with van der Waals surface area (Å²) in [5.74, 6) is 0.626. The number of rotatable bonds is 6. The number of hydrogen-bond donors (Lipinski definition) is 2. The highest BCUT2D eigenvalue weighted by atomic mass is 16.3. The fourth-order valence-corrected chi connectivity index (χ4v) is 4.31. The Morgan fingerprint density at radius 1 is 1.08 bits per heavy atom. The Bertz CT molecular complexity index is 611. The summed E-state index contributed by atoms with van der Waals surface area (Å²) in [5, 5.41) is 14.4. The van der Waals surface area contributed by atoms with Gasteiger partial charge in [0, 0.05) is 44.5 Å². The van der Waals surface area contributed by atoms with Gasteiger partial charge in [0.1, 0.15) is 0 Å². The number of para-hydroxylation sites is 1. The van der Waals surface area contributed by atoms with Gasteiger partial charge in [-0.25, -0.2) is 0 Å². The van der Waals surface area contributed by atoms with Gasteiger partial charge in [0.15, 0.2) is 5.60 Å². The summed E-state index contributed by atoms with van der Waals surface area (Å²) in [6, 6.07) is 10.9. The lowest BCUT2D eigenvalue weighted by Gasteiger charge is -2.40. The number of aliphatic hydroxyl groups is 1. The number of carbonyl (C=O) groups excluding carboxylic acids is 1. The zero-order valence-electron chi connectivity index (χ0n) is 15.6. The lowest BCUT2D eigenvalue weighted by atomic mass is 9.90. The number of carbonyl (C=O) groups is 1. The first kappa shape index (κ1) is 17.8. The smallest absolute Gasteiger partial charge is 0.255 e. The number of amides is 1. The van der Waals surface area contributed by atoms with Gasteiger partial charge in [0.2, 0.25) is 0 Å². The fraction of sp³-hybridized carbons (Fsp3) is 0.667. The molecule has 5 heteroatoms. The lowest BCUT2D eigenvalue weighted by molar-refractivity contribution is -0.157. The molecule has 2 saturated heterocycles. The molecule has 0 aromatic heterocycles. The topological polar surface area (TPSA) is 55.8 Å². The molecule has 1 atom stereocenters.